The van der Waals surface area contributed by atoms with E-state index in [0.29, 0.717) is 23.6 Å². The standard InChI is InChI=1S/C12H12FN3OS/c1-7-4-9(17-16-7)6-15-11-3-2-8(12(14)18)5-10(11)13/h2-5,15H,6H2,1H3,(H2,14,18). The highest BCUT2D eigenvalue weighted by atomic mass is 32.1. The molecule has 2 aromatic rings. The van der Waals surface area contributed by atoms with Crippen LogP contribution in [0, 0.1) is 12.7 Å². The van der Waals surface area contributed by atoms with Gasteiger partial charge in [0.15, 0.2) is 5.76 Å². The maximum absolute atomic E-state index is 13.7. The van der Waals surface area contributed by atoms with Crippen molar-refractivity contribution in [2.75, 3.05) is 5.32 Å². The van der Waals surface area contributed by atoms with Crippen molar-refractivity contribution >= 4 is 22.9 Å². The van der Waals surface area contributed by atoms with Crippen molar-refractivity contribution in [3.8, 4) is 0 Å². The number of anilines is 1. The number of nitrogens with two attached hydrogens (primary N) is 1. The molecule has 1 heterocycles. The van der Waals surface area contributed by atoms with E-state index < -0.39 is 5.82 Å². The third kappa shape index (κ3) is 2.84. The third-order valence-electron chi connectivity index (χ3n) is 2.38. The first-order chi connectivity index (χ1) is 8.56. The Balaban J connectivity index is 2.08. The summed E-state index contributed by atoms with van der Waals surface area (Å²) >= 11 is 4.78. The Morgan fingerprint density at radius 1 is 1.50 bits per heavy atom. The smallest absolute Gasteiger partial charge is 0.156 e. The Morgan fingerprint density at radius 2 is 2.28 bits per heavy atom. The average molecular weight is 265 g/mol. The summed E-state index contributed by atoms with van der Waals surface area (Å²) in [6.45, 7) is 2.19. The van der Waals surface area contributed by atoms with Gasteiger partial charge in [0, 0.05) is 11.6 Å². The molecule has 94 valence electrons. The lowest BCUT2D eigenvalue weighted by Gasteiger charge is -2.06. The first kappa shape index (κ1) is 12.5. The lowest BCUT2D eigenvalue weighted by atomic mass is 10.2. The second kappa shape index (κ2) is 5.14. The van der Waals surface area contributed by atoms with Gasteiger partial charge in [-0.2, -0.15) is 0 Å². The molecule has 0 radical (unpaired) electrons. The van der Waals surface area contributed by atoms with Gasteiger partial charge in [-0.1, -0.05) is 17.4 Å². The number of halogens is 1. The molecule has 0 unspecified atom stereocenters. The minimum Gasteiger partial charge on any atom is -0.389 e. The molecular weight excluding hydrogens is 253 g/mol. The van der Waals surface area contributed by atoms with Crippen molar-refractivity contribution in [3.63, 3.8) is 0 Å². The van der Waals surface area contributed by atoms with E-state index in [0.717, 1.165) is 5.69 Å². The molecule has 0 aliphatic carbocycles. The van der Waals surface area contributed by atoms with Crippen LogP contribution in [0.25, 0.3) is 0 Å². The van der Waals surface area contributed by atoms with Gasteiger partial charge in [-0.3, -0.25) is 0 Å². The highest BCUT2D eigenvalue weighted by molar-refractivity contribution is 7.80. The van der Waals surface area contributed by atoms with Crippen molar-refractivity contribution in [2.45, 2.75) is 13.5 Å². The molecule has 2 rings (SSSR count). The summed E-state index contributed by atoms with van der Waals surface area (Å²) in [6, 6.07) is 6.34. The molecule has 3 N–H and O–H groups in total. The summed E-state index contributed by atoms with van der Waals surface area (Å²) < 4.78 is 18.7. The SMILES string of the molecule is Cc1cc(CNc2ccc(C(N)=S)cc2F)on1. The molecular formula is C12H12FN3OS. The number of rotatable bonds is 4. The number of thiocarbonyl (C=S) groups is 1. The Bertz CT molecular complexity index is 582. The fraction of sp³-hybridized carbons (Fsp3) is 0.167. The van der Waals surface area contributed by atoms with Crippen LogP contribution in [-0.4, -0.2) is 10.1 Å². The fourth-order valence-electron chi connectivity index (χ4n) is 1.49. The molecule has 1 aromatic heterocycles. The second-order valence-electron chi connectivity index (χ2n) is 3.85. The summed E-state index contributed by atoms with van der Waals surface area (Å²) in [5.41, 5.74) is 7.08. The second-order valence-corrected chi connectivity index (χ2v) is 4.29. The quantitative estimate of drug-likeness (QED) is 0.831. The molecule has 18 heavy (non-hydrogen) atoms. The average Bonchev–Trinajstić information content (AvgIpc) is 2.73. The number of nitrogens with one attached hydrogen (secondary N) is 1. The number of hydrogen-bond acceptors (Lipinski definition) is 4. The zero-order chi connectivity index (χ0) is 13.1. The van der Waals surface area contributed by atoms with Gasteiger partial charge < -0.3 is 15.6 Å². The summed E-state index contributed by atoms with van der Waals surface area (Å²) in [4.78, 5) is 0.173. The molecule has 0 amide bonds. The van der Waals surface area contributed by atoms with Gasteiger partial charge in [-0.05, 0) is 25.1 Å². The first-order valence-electron chi connectivity index (χ1n) is 5.31. The minimum absolute atomic E-state index is 0.173. The van der Waals surface area contributed by atoms with Crippen LogP contribution < -0.4 is 11.1 Å². The Kier molecular flexibility index (Phi) is 3.57. The van der Waals surface area contributed by atoms with E-state index in [4.69, 9.17) is 22.5 Å². The van der Waals surface area contributed by atoms with Crippen LogP contribution in [0.5, 0.6) is 0 Å². The van der Waals surface area contributed by atoms with Crippen molar-refractivity contribution in [1.29, 1.82) is 0 Å². The summed E-state index contributed by atoms with van der Waals surface area (Å²) in [5.74, 6) is 0.238. The summed E-state index contributed by atoms with van der Waals surface area (Å²) in [6.07, 6.45) is 0. The molecule has 0 atom stereocenters. The van der Waals surface area contributed by atoms with Crippen LogP contribution in [0.2, 0.25) is 0 Å². The normalized spacial score (nSPS) is 10.3. The first-order valence-corrected chi connectivity index (χ1v) is 5.72. The molecule has 1 aromatic carbocycles. The van der Waals surface area contributed by atoms with E-state index in [1.807, 2.05) is 6.92 Å². The van der Waals surface area contributed by atoms with Gasteiger partial charge in [0.1, 0.15) is 10.8 Å². The topological polar surface area (TPSA) is 64.1 Å². The molecule has 0 saturated carbocycles. The van der Waals surface area contributed by atoms with E-state index in [1.54, 1.807) is 18.2 Å². The monoisotopic (exact) mass is 265 g/mol. The molecule has 0 aliphatic heterocycles. The number of benzene rings is 1. The lowest BCUT2D eigenvalue weighted by Crippen LogP contribution is -2.10. The molecule has 0 bridgehead atoms. The minimum atomic E-state index is -0.406. The van der Waals surface area contributed by atoms with Gasteiger partial charge >= 0.3 is 0 Å². The van der Waals surface area contributed by atoms with Gasteiger partial charge in [0.25, 0.3) is 0 Å². The number of nitrogens with zero attached hydrogens (tertiary/aromatic N) is 1. The highest BCUT2D eigenvalue weighted by Crippen LogP contribution is 2.17. The van der Waals surface area contributed by atoms with Crippen LogP contribution in [0.3, 0.4) is 0 Å². The van der Waals surface area contributed by atoms with Crippen LogP contribution in [0.4, 0.5) is 10.1 Å². The molecule has 0 saturated heterocycles. The van der Waals surface area contributed by atoms with Gasteiger partial charge in [-0.25, -0.2) is 4.39 Å². The van der Waals surface area contributed by atoms with E-state index in [1.165, 1.54) is 6.07 Å². The van der Waals surface area contributed by atoms with Crippen molar-refractivity contribution < 1.29 is 8.91 Å². The van der Waals surface area contributed by atoms with Gasteiger partial charge in [0.2, 0.25) is 0 Å². The third-order valence-corrected chi connectivity index (χ3v) is 2.62. The number of hydrogen-bond donors (Lipinski definition) is 2. The van der Waals surface area contributed by atoms with E-state index in [9.17, 15) is 4.39 Å². The number of aromatic nitrogens is 1. The molecule has 4 nitrogen and oxygen atoms in total. The lowest BCUT2D eigenvalue weighted by molar-refractivity contribution is 0.384. The van der Waals surface area contributed by atoms with Crippen molar-refractivity contribution in [3.05, 3.63) is 47.1 Å². The van der Waals surface area contributed by atoms with Crippen LogP contribution in [0.15, 0.2) is 28.8 Å². The van der Waals surface area contributed by atoms with Crippen LogP contribution in [0.1, 0.15) is 17.0 Å². The Hall–Kier alpha value is -1.95. The Labute approximate surface area is 109 Å². The molecule has 0 fully saturated rings. The van der Waals surface area contributed by atoms with Gasteiger partial charge in [0.05, 0.1) is 17.9 Å². The fourth-order valence-corrected chi connectivity index (χ4v) is 1.62. The Morgan fingerprint density at radius 3 is 2.83 bits per heavy atom. The molecule has 0 aliphatic rings. The van der Waals surface area contributed by atoms with E-state index >= 15 is 0 Å². The van der Waals surface area contributed by atoms with Crippen molar-refractivity contribution in [2.24, 2.45) is 5.73 Å². The summed E-state index contributed by atoms with van der Waals surface area (Å²) in [5, 5.41) is 6.66. The predicted molar refractivity (Wildman–Crippen MR) is 70.9 cm³/mol. The highest BCUT2D eigenvalue weighted by Gasteiger charge is 2.06. The van der Waals surface area contributed by atoms with Crippen molar-refractivity contribution in [1.82, 2.24) is 5.16 Å². The van der Waals surface area contributed by atoms with Gasteiger partial charge in [-0.15, -0.1) is 0 Å². The van der Waals surface area contributed by atoms with Crippen LogP contribution >= 0.6 is 12.2 Å². The predicted octanol–water partition coefficient (Wildman–Crippen LogP) is 2.37. The van der Waals surface area contributed by atoms with E-state index in [2.05, 4.69) is 10.5 Å². The zero-order valence-corrected chi connectivity index (χ0v) is 10.6. The maximum Gasteiger partial charge on any atom is 0.156 e. The summed E-state index contributed by atoms with van der Waals surface area (Å²) in [7, 11) is 0. The molecule has 6 heteroatoms. The maximum atomic E-state index is 13.7. The zero-order valence-electron chi connectivity index (χ0n) is 9.74. The largest absolute Gasteiger partial charge is 0.389 e. The number of aryl methyl sites for hydroxylation is 1. The van der Waals surface area contributed by atoms with Crippen LogP contribution in [-0.2, 0) is 6.54 Å². The van der Waals surface area contributed by atoms with E-state index in [-0.39, 0.29) is 4.99 Å². The molecule has 0 spiro atoms.